The molecule has 0 heterocycles. The highest BCUT2D eigenvalue weighted by atomic mass is 16.6. The lowest BCUT2D eigenvalue weighted by atomic mass is 9.89. The van der Waals surface area contributed by atoms with E-state index in [0.29, 0.717) is 17.1 Å². The van der Waals surface area contributed by atoms with Crippen molar-refractivity contribution in [2.45, 2.75) is 40.7 Å². The second-order valence-corrected chi connectivity index (χ2v) is 7.58. The lowest BCUT2D eigenvalue weighted by molar-refractivity contribution is -0.128. The van der Waals surface area contributed by atoms with Crippen LogP contribution in [0, 0.1) is 11.3 Å². The first-order valence-corrected chi connectivity index (χ1v) is 8.95. The van der Waals surface area contributed by atoms with Crippen LogP contribution in [0.3, 0.4) is 0 Å². The largest absolute Gasteiger partial charge is 0.493 e. The molecule has 0 fully saturated rings. The Labute approximate surface area is 165 Å². The van der Waals surface area contributed by atoms with Crippen LogP contribution in [0.2, 0.25) is 0 Å². The van der Waals surface area contributed by atoms with E-state index >= 15 is 0 Å². The van der Waals surface area contributed by atoms with E-state index in [1.54, 1.807) is 31.2 Å². The van der Waals surface area contributed by atoms with Gasteiger partial charge in [-0.05, 0) is 37.6 Å². The zero-order chi connectivity index (χ0) is 21.5. The molecule has 1 rings (SSSR count). The number of carbonyl (C=O) groups excluding carboxylic acids is 3. The Bertz CT molecular complexity index is 748. The van der Waals surface area contributed by atoms with E-state index in [0.717, 1.165) is 0 Å². The number of ketones is 2. The fraction of sp³-hybridized carbons (Fsp3) is 0.476. The van der Waals surface area contributed by atoms with E-state index in [1.165, 1.54) is 20.1 Å². The number of rotatable bonds is 9. The van der Waals surface area contributed by atoms with E-state index in [4.69, 9.17) is 19.9 Å². The lowest BCUT2D eigenvalue weighted by Gasteiger charge is -2.29. The van der Waals surface area contributed by atoms with Gasteiger partial charge in [0.05, 0.1) is 13.0 Å². The third kappa shape index (κ3) is 7.06. The van der Waals surface area contributed by atoms with Crippen LogP contribution in [0.4, 0.5) is 4.79 Å². The van der Waals surface area contributed by atoms with Gasteiger partial charge in [-0.25, -0.2) is 4.79 Å². The number of hydrogen-bond acceptors (Lipinski definition) is 6. The first-order chi connectivity index (χ1) is 13.0. The molecule has 7 nitrogen and oxygen atoms in total. The van der Waals surface area contributed by atoms with Crippen LogP contribution >= 0.6 is 0 Å². The Balaban J connectivity index is 2.91. The van der Waals surface area contributed by atoms with E-state index in [2.05, 4.69) is 0 Å². The summed E-state index contributed by atoms with van der Waals surface area (Å²) < 4.78 is 16.3. The fourth-order valence-electron chi connectivity index (χ4n) is 2.20. The molecule has 0 spiro atoms. The molecule has 2 N–H and O–H groups in total. The Morgan fingerprint density at radius 3 is 2.32 bits per heavy atom. The third-order valence-corrected chi connectivity index (χ3v) is 4.28. The molecule has 0 radical (unpaired) electrons. The van der Waals surface area contributed by atoms with Crippen molar-refractivity contribution in [2.24, 2.45) is 17.1 Å². The zero-order valence-electron chi connectivity index (χ0n) is 17.3. The highest BCUT2D eigenvalue weighted by molar-refractivity contribution is 6.07. The van der Waals surface area contributed by atoms with Gasteiger partial charge in [0, 0.05) is 5.41 Å². The van der Waals surface area contributed by atoms with Crippen molar-refractivity contribution >= 4 is 23.7 Å². The van der Waals surface area contributed by atoms with Crippen molar-refractivity contribution in [3.05, 3.63) is 29.8 Å². The summed E-state index contributed by atoms with van der Waals surface area (Å²) in [6.07, 6.45) is 1.58. The molecule has 28 heavy (non-hydrogen) atoms. The Morgan fingerprint density at radius 1 is 1.18 bits per heavy atom. The van der Waals surface area contributed by atoms with Gasteiger partial charge >= 0.3 is 6.09 Å². The first-order valence-electron chi connectivity index (χ1n) is 8.95. The summed E-state index contributed by atoms with van der Waals surface area (Å²) in [7, 11) is 1.50. The Kier molecular flexibility index (Phi) is 8.22. The average molecular weight is 391 g/mol. The molecule has 0 aliphatic heterocycles. The number of hydrogen-bond donors (Lipinski definition) is 1. The summed E-state index contributed by atoms with van der Waals surface area (Å²) in [6, 6.07) is 5.15. The smallest absolute Gasteiger partial charge is 0.404 e. The van der Waals surface area contributed by atoms with Gasteiger partial charge in [-0.1, -0.05) is 32.9 Å². The Morgan fingerprint density at radius 2 is 1.82 bits per heavy atom. The molecular weight excluding hydrogens is 362 g/mol. The van der Waals surface area contributed by atoms with Crippen molar-refractivity contribution < 1.29 is 28.6 Å². The van der Waals surface area contributed by atoms with Crippen molar-refractivity contribution in [3.8, 4) is 11.5 Å². The summed E-state index contributed by atoms with van der Waals surface area (Å²) in [5.41, 5.74) is 5.49. The molecule has 0 saturated heterocycles. The van der Waals surface area contributed by atoms with Crippen molar-refractivity contribution in [2.75, 3.05) is 13.7 Å². The molecule has 0 bridgehead atoms. The summed E-state index contributed by atoms with van der Waals surface area (Å²) in [4.78, 5) is 34.3. The van der Waals surface area contributed by atoms with Crippen molar-refractivity contribution in [3.63, 3.8) is 0 Å². The van der Waals surface area contributed by atoms with Crippen molar-refractivity contribution in [1.82, 2.24) is 0 Å². The molecule has 2 atom stereocenters. The van der Waals surface area contributed by atoms with Crippen LogP contribution in [0.5, 0.6) is 11.5 Å². The minimum atomic E-state index is -0.861. The first kappa shape index (κ1) is 23.2. The number of allylic oxidation sites excluding steroid dienone is 1. The van der Waals surface area contributed by atoms with Crippen molar-refractivity contribution in [1.29, 1.82) is 0 Å². The number of nitrogens with two attached hydrogens (primary N) is 1. The minimum Gasteiger partial charge on any atom is -0.493 e. The maximum atomic E-state index is 11.9. The second kappa shape index (κ2) is 9.92. The van der Waals surface area contributed by atoms with E-state index in [1.807, 2.05) is 20.8 Å². The number of Topliss-reactive ketones (excluding diaryl/α,β-unsaturated/α-hetero) is 1. The third-order valence-electron chi connectivity index (χ3n) is 4.28. The molecule has 1 amide bonds. The number of carbonyl (C=O) groups is 3. The summed E-state index contributed by atoms with van der Waals surface area (Å²) in [5, 5.41) is 0. The van der Waals surface area contributed by atoms with Gasteiger partial charge in [0.25, 0.3) is 0 Å². The quantitative estimate of drug-likeness (QED) is 0.511. The van der Waals surface area contributed by atoms with Gasteiger partial charge in [-0.15, -0.1) is 0 Å². The zero-order valence-corrected chi connectivity index (χ0v) is 17.3. The normalized spacial score (nSPS) is 13.6. The molecule has 0 aliphatic rings. The van der Waals surface area contributed by atoms with Crippen LogP contribution in [-0.2, 0) is 14.3 Å². The van der Waals surface area contributed by atoms with Gasteiger partial charge < -0.3 is 19.9 Å². The SMILES string of the molecule is COc1cc(/C=C/C(=O)C(C)C(C)=O)ccc1OCC(OC(N)=O)C(C)(C)C. The maximum absolute atomic E-state index is 11.9. The van der Waals surface area contributed by atoms with E-state index in [-0.39, 0.29) is 23.6 Å². The van der Waals surface area contributed by atoms with Gasteiger partial charge in [-0.2, -0.15) is 0 Å². The molecule has 1 aromatic carbocycles. The number of ether oxygens (including phenoxy) is 3. The molecule has 0 aliphatic carbocycles. The Hall–Kier alpha value is -2.83. The summed E-state index contributed by atoms with van der Waals surface area (Å²) >= 11 is 0. The molecule has 154 valence electrons. The molecular formula is C21H29NO6. The van der Waals surface area contributed by atoms with Crippen LogP contribution in [0.1, 0.15) is 40.2 Å². The number of amides is 1. The maximum Gasteiger partial charge on any atom is 0.404 e. The van der Waals surface area contributed by atoms with Crippen LogP contribution in [0.15, 0.2) is 24.3 Å². The standard InChI is InChI=1S/C21H29NO6/c1-13(14(2)23)16(24)9-7-15-8-10-17(18(11-15)26-6)27-12-19(21(3,4)5)28-20(22)25/h7-11,13,19H,12H2,1-6H3,(H2,22,25)/b9-7+. The predicted molar refractivity (Wildman–Crippen MR) is 106 cm³/mol. The summed E-state index contributed by atoms with van der Waals surface area (Å²) in [6.45, 7) is 8.80. The molecule has 2 unspecified atom stereocenters. The van der Waals surface area contributed by atoms with Gasteiger partial charge in [-0.3, -0.25) is 9.59 Å². The van der Waals surface area contributed by atoms with Gasteiger partial charge in [0.2, 0.25) is 0 Å². The number of methoxy groups -OCH3 is 1. The van der Waals surface area contributed by atoms with E-state index in [9.17, 15) is 14.4 Å². The highest BCUT2D eigenvalue weighted by Crippen LogP contribution is 2.30. The van der Waals surface area contributed by atoms with Crippen LogP contribution in [-0.4, -0.2) is 37.5 Å². The van der Waals surface area contributed by atoms with E-state index < -0.39 is 18.1 Å². The molecule has 0 aromatic heterocycles. The van der Waals surface area contributed by atoms with Gasteiger partial charge in [0.1, 0.15) is 18.5 Å². The minimum absolute atomic E-state index is 0.104. The van der Waals surface area contributed by atoms with Gasteiger partial charge in [0.15, 0.2) is 17.3 Å². The number of primary amides is 1. The monoisotopic (exact) mass is 391 g/mol. The van der Waals surface area contributed by atoms with Crippen LogP contribution in [0.25, 0.3) is 6.08 Å². The second-order valence-electron chi connectivity index (χ2n) is 7.58. The predicted octanol–water partition coefficient (Wildman–Crippen LogP) is 3.39. The summed E-state index contributed by atoms with van der Waals surface area (Å²) in [5.74, 6) is -0.183. The molecule has 7 heteroatoms. The van der Waals surface area contributed by atoms with Crippen LogP contribution < -0.4 is 15.2 Å². The topological polar surface area (TPSA) is 105 Å². The molecule has 1 aromatic rings. The fourth-order valence-corrected chi connectivity index (χ4v) is 2.20. The highest BCUT2D eigenvalue weighted by Gasteiger charge is 2.29. The lowest BCUT2D eigenvalue weighted by Crippen LogP contribution is -2.38. The molecule has 0 saturated carbocycles. The average Bonchev–Trinajstić information content (AvgIpc) is 2.61. The number of benzene rings is 1.